The first kappa shape index (κ1) is 14.5. The summed E-state index contributed by atoms with van der Waals surface area (Å²) in [6.07, 6.45) is 2.58. The number of amides is 1. The number of benzene rings is 1. The van der Waals surface area contributed by atoms with E-state index >= 15 is 0 Å². The van der Waals surface area contributed by atoms with Crippen LogP contribution >= 0.6 is 22.6 Å². The Morgan fingerprint density at radius 3 is 2.41 bits per heavy atom. The average molecular weight is 345 g/mol. The topological polar surface area (TPSA) is 20.3 Å². The summed E-state index contributed by atoms with van der Waals surface area (Å²) in [6.45, 7) is 5.97. The van der Waals surface area contributed by atoms with Crippen LogP contribution in [0.15, 0.2) is 24.3 Å². The van der Waals surface area contributed by atoms with Crippen LogP contribution in [0.2, 0.25) is 0 Å². The summed E-state index contributed by atoms with van der Waals surface area (Å²) >= 11 is 2.28. The van der Waals surface area contributed by atoms with Crippen LogP contribution in [0.1, 0.15) is 32.3 Å². The van der Waals surface area contributed by atoms with Crippen LogP contribution in [0.3, 0.4) is 0 Å². The van der Waals surface area contributed by atoms with Crippen molar-refractivity contribution < 1.29 is 4.79 Å². The van der Waals surface area contributed by atoms with Gasteiger partial charge in [-0.2, -0.15) is 0 Å². The Balaban J connectivity index is 2.62. The summed E-state index contributed by atoms with van der Waals surface area (Å²) in [5, 5.41) is 0. The summed E-state index contributed by atoms with van der Waals surface area (Å²) in [6, 6.07) is 8.16. The fraction of sp³-hybridized carbons (Fsp3) is 0.500. The maximum absolute atomic E-state index is 12.1. The molecule has 0 saturated heterocycles. The number of hydrogen-bond acceptors (Lipinski definition) is 1. The fourth-order valence-electron chi connectivity index (χ4n) is 1.83. The van der Waals surface area contributed by atoms with E-state index < -0.39 is 0 Å². The van der Waals surface area contributed by atoms with E-state index in [0.717, 1.165) is 31.5 Å². The highest BCUT2D eigenvalue weighted by Crippen LogP contribution is 2.10. The third-order valence-corrected chi connectivity index (χ3v) is 3.26. The highest BCUT2D eigenvalue weighted by atomic mass is 127. The Morgan fingerprint density at radius 2 is 1.88 bits per heavy atom. The molecule has 2 nitrogen and oxygen atoms in total. The minimum atomic E-state index is 0.246. The van der Waals surface area contributed by atoms with Crippen molar-refractivity contribution in [1.82, 2.24) is 4.90 Å². The predicted octanol–water partition coefficient (Wildman–Crippen LogP) is 3.48. The molecule has 1 rings (SSSR count). The molecule has 1 amide bonds. The molecule has 0 aliphatic heterocycles. The maximum Gasteiger partial charge on any atom is 0.226 e. The second kappa shape index (κ2) is 7.69. The van der Waals surface area contributed by atoms with Crippen molar-refractivity contribution in [2.75, 3.05) is 13.1 Å². The van der Waals surface area contributed by atoms with Crippen molar-refractivity contribution in [2.24, 2.45) is 0 Å². The first-order valence-corrected chi connectivity index (χ1v) is 7.27. The van der Waals surface area contributed by atoms with Crippen molar-refractivity contribution >= 4 is 28.5 Å². The molecule has 0 bridgehead atoms. The van der Waals surface area contributed by atoms with Gasteiger partial charge in [-0.15, -0.1) is 0 Å². The molecule has 0 atom stereocenters. The average Bonchev–Trinajstić information content (AvgIpc) is 2.28. The Kier molecular flexibility index (Phi) is 6.55. The largest absolute Gasteiger partial charge is 0.342 e. The van der Waals surface area contributed by atoms with E-state index in [0.29, 0.717) is 6.42 Å². The number of carbonyl (C=O) groups excluding carboxylic acids is 1. The first-order chi connectivity index (χ1) is 8.17. The molecule has 1 aromatic carbocycles. The van der Waals surface area contributed by atoms with E-state index in [-0.39, 0.29) is 5.91 Å². The minimum absolute atomic E-state index is 0.246. The molecular weight excluding hydrogens is 325 g/mol. The number of carbonyl (C=O) groups is 1. The molecule has 0 unspecified atom stereocenters. The Morgan fingerprint density at radius 1 is 1.24 bits per heavy atom. The van der Waals surface area contributed by atoms with Crippen molar-refractivity contribution in [3.8, 4) is 0 Å². The van der Waals surface area contributed by atoms with E-state index in [9.17, 15) is 4.79 Å². The first-order valence-electron chi connectivity index (χ1n) is 6.19. The summed E-state index contributed by atoms with van der Waals surface area (Å²) < 4.78 is 1.19. The molecule has 0 aliphatic carbocycles. The van der Waals surface area contributed by atoms with E-state index in [2.05, 4.69) is 42.5 Å². The lowest BCUT2D eigenvalue weighted by molar-refractivity contribution is -0.130. The quantitative estimate of drug-likeness (QED) is 0.723. The van der Waals surface area contributed by atoms with Gasteiger partial charge >= 0.3 is 0 Å². The molecule has 0 radical (unpaired) electrons. The predicted molar refractivity (Wildman–Crippen MR) is 80.0 cm³/mol. The van der Waals surface area contributed by atoms with Crippen molar-refractivity contribution in [3.63, 3.8) is 0 Å². The third-order valence-electron chi connectivity index (χ3n) is 2.58. The van der Waals surface area contributed by atoms with E-state index in [1.807, 2.05) is 23.1 Å². The maximum atomic E-state index is 12.1. The van der Waals surface area contributed by atoms with Gasteiger partial charge in [0.05, 0.1) is 6.42 Å². The lowest BCUT2D eigenvalue weighted by Crippen LogP contribution is -2.33. The molecule has 0 aromatic heterocycles. The Labute approximate surface area is 118 Å². The van der Waals surface area contributed by atoms with Crippen LogP contribution in [0, 0.1) is 3.57 Å². The minimum Gasteiger partial charge on any atom is -0.342 e. The van der Waals surface area contributed by atoms with E-state index in [4.69, 9.17) is 0 Å². The summed E-state index contributed by atoms with van der Waals surface area (Å²) in [7, 11) is 0. The molecule has 17 heavy (non-hydrogen) atoms. The van der Waals surface area contributed by atoms with Crippen LogP contribution in [0.4, 0.5) is 0 Å². The second-order valence-electron chi connectivity index (χ2n) is 4.19. The molecule has 0 aliphatic rings. The van der Waals surface area contributed by atoms with E-state index in [1.54, 1.807) is 0 Å². The molecule has 0 fully saturated rings. The second-order valence-corrected chi connectivity index (χ2v) is 5.43. The molecule has 0 N–H and O–H groups in total. The van der Waals surface area contributed by atoms with E-state index in [1.165, 1.54) is 3.57 Å². The monoisotopic (exact) mass is 345 g/mol. The van der Waals surface area contributed by atoms with Gasteiger partial charge in [-0.3, -0.25) is 4.79 Å². The van der Waals surface area contributed by atoms with Gasteiger partial charge in [0.25, 0.3) is 0 Å². The molecule has 1 aromatic rings. The van der Waals surface area contributed by atoms with Gasteiger partial charge in [-0.05, 0) is 53.1 Å². The van der Waals surface area contributed by atoms with Crippen LogP contribution in [0.25, 0.3) is 0 Å². The van der Waals surface area contributed by atoms with Gasteiger partial charge in [0.2, 0.25) is 5.91 Å². The van der Waals surface area contributed by atoms with Crippen molar-refractivity contribution in [3.05, 3.63) is 33.4 Å². The standard InChI is InChI=1S/C14H20INO/c1-3-8-16(9-4-2)14(17)11-12-6-5-7-13(15)10-12/h5-7,10H,3-4,8-9,11H2,1-2H3. The third kappa shape index (κ3) is 5.06. The highest BCUT2D eigenvalue weighted by Gasteiger charge is 2.12. The normalized spacial score (nSPS) is 10.3. The SMILES string of the molecule is CCCN(CCC)C(=O)Cc1cccc(I)c1. The zero-order valence-electron chi connectivity index (χ0n) is 10.6. The molecule has 0 saturated carbocycles. The summed E-state index contributed by atoms with van der Waals surface area (Å²) in [4.78, 5) is 14.1. The summed E-state index contributed by atoms with van der Waals surface area (Å²) in [5.74, 6) is 0.246. The van der Waals surface area contributed by atoms with Crippen molar-refractivity contribution in [1.29, 1.82) is 0 Å². The lowest BCUT2D eigenvalue weighted by atomic mass is 10.1. The Bertz CT molecular complexity index is 359. The molecular formula is C14H20INO. The zero-order chi connectivity index (χ0) is 12.7. The van der Waals surface area contributed by atoms with Gasteiger partial charge in [0, 0.05) is 16.7 Å². The number of nitrogens with zero attached hydrogens (tertiary/aromatic N) is 1. The van der Waals surface area contributed by atoms with Gasteiger partial charge in [-0.25, -0.2) is 0 Å². The van der Waals surface area contributed by atoms with Gasteiger partial charge in [0.15, 0.2) is 0 Å². The fourth-order valence-corrected chi connectivity index (χ4v) is 2.44. The number of hydrogen-bond donors (Lipinski definition) is 0. The highest BCUT2D eigenvalue weighted by molar-refractivity contribution is 14.1. The van der Waals surface area contributed by atoms with Gasteiger partial charge in [-0.1, -0.05) is 26.0 Å². The van der Waals surface area contributed by atoms with Crippen LogP contribution < -0.4 is 0 Å². The Hall–Kier alpha value is -0.580. The zero-order valence-corrected chi connectivity index (χ0v) is 12.7. The number of halogens is 1. The lowest BCUT2D eigenvalue weighted by Gasteiger charge is -2.21. The van der Waals surface area contributed by atoms with Crippen LogP contribution in [-0.2, 0) is 11.2 Å². The van der Waals surface area contributed by atoms with Crippen LogP contribution in [-0.4, -0.2) is 23.9 Å². The molecule has 3 heteroatoms. The molecule has 94 valence electrons. The molecule has 0 heterocycles. The van der Waals surface area contributed by atoms with Crippen LogP contribution in [0.5, 0.6) is 0 Å². The van der Waals surface area contributed by atoms with Gasteiger partial charge < -0.3 is 4.90 Å². The summed E-state index contributed by atoms with van der Waals surface area (Å²) in [5.41, 5.74) is 1.11. The van der Waals surface area contributed by atoms with Crippen molar-refractivity contribution in [2.45, 2.75) is 33.1 Å². The smallest absolute Gasteiger partial charge is 0.226 e. The molecule has 0 spiro atoms. The number of rotatable bonds is 6. The van der Waals surface area contributed by atoms with Gasteiger partial charge in [0.1, 0.15) is 0 Å².